The van der Waals surface area contributed by atoms with Crippen molar-refractivity contribution in [3.05, 3.63) is 101 Å². The maximum atomic E-state index is 13.0. The second-order valence-electron chi connectivity index (χ2n) is 8.36. The van der Waals surface area contributed by atoms with E-state index in [0.717, 1.165) is 29.8 Å². The van der Waals surface area contributed by atoms with Gasteiger partial charge >= 0.3 is 6.18 Å². The second kappa shape index (κ2) is 7.63. The summed E-state index contributed by atoms with van der Waals surface area (Å²) in [7, 11) is 0. The van der Waals surface area contributed by atoms with Crippen LogP contribution in [-0.4, -0.2) is 4.98 Å². The lowest BCUT2D eigenvalue weighted by Crippen LogP contribution is -2.05. The van der Waals surface area contributed by atoms with Gasteiger partial charge in [0.25, 0.3) is 0 Å². The van der Waals surface area contributed by atoms with Crippen LogP contribution in [0.15, 0.2) is 78.9 Å². The molecule has 0 amide bonds. The van der Waals surface area contributed by atoms with Crippen LogP contribution in [0.2, 0.25) is 0 Å². The summed E-state index contributed by atoms with van der Waals surface area (Å²) in [5, 5.41) is 5.30. The summed E-state index contributed by atoms with van der Waals surface area (Å²) >= 11 is 0. The number of nitrogens with zero attached hydrogens (tertiary/aromatic N) is 1. The summed E-state index contributed by atoms with van der Waals surface area (Å²) in [4.78, 5) is 4.66. The third kappa shape index (κ3) is 3.70. The van der Waals surface area contributed by atoms with E-state index in [0.29, 0.717) is 10.9 Å². The third-order valence-electron chi connectivity index (χ3n) is 6.27. The van der Waals surface area contributed by atoms with Crippen LogP contribution in [0.25, 0.3) is 32.4 Å². The summed E-state index contributed by atoms with van der Waals surface area (Å²) in [6.45, 7) is 4.23. The van der Waals surface area contributed by atoms with Crippen LogP contribution in [0.4, 0.5) is 13.2 Å². The number of pyridine rings is 1. The molecule has 1 aromatic heterocycles. The van der Waals surface area contributed by atoms with E-state index in [1.165, 1.54) is 33.2 Å². The van der Waals surface area contributed by atoms with E-state index >= 15 is 0 Å². The van der Waals surface area contributed by atoms with Crippen molar-refractivity contribution in [3.8, 4) is 0 Å². The van der Waals surface area contributed by atoms with Gasteiger partial charge in [-0.25, -0.2) is 0 Å². The molecule has 1 heterocycles. The Morgan fingerprint density at radius 3 is 2.16 bits per heavy atom. The molecule has 1 atom stereocenters. The Labute approximate surface area is 184 Å². The predicted molar refractivity (Wildman–Crippen MR) is 125 cm³/mol. The Kier molecular flexibility index (Phi) is 4.89. The highest BCUT2D eigenvalue weighted by Gasteiger charge is 2.30. The maximum absolute atomic E-state index is 13.0. The number of fused-ring (bicyclic) bond motifs is 3. The highest BCUT2D eigenvalue weighted by Crippen LogP contribution is 2.33. The molecule has 4 heteroatoms. The Balaban J connectivity index is 1.53. The first-order chi connectivity index (χ1) is 15.3. The van der Waals surface area contributed by atoms with Crippen LogP contribution in [-0.2, 0) is 12.6 Å². The van der Waals surface area contributed by atoms with Gasteiger partial charge in [-0.05, 0) is 75.5 Å². The molecule has 0 aliphatic rings. The van der Waals surface area contributed by atoms with E-state index in [9.17, 15) is 13.2 Å². The lowest BCUT2D eigenvalue weighted by atomic mass is 9.93. The van der Waals surface area contributed by atoms with Gasteiger partial charge in [0.1, 0.15) is 0 Å². The molecular formula is C28H22F3N. The zero-order valence-corrected chi connectivity index (χ0v) is 17.9. The molecule has 4 aromatic carbocycles. The lowest BCUT2D eigenvalue weighted by Gasteiger charge is -2.14. The maximum Gasteiger partial charge on any atom is 0.416 e. The molecule has 0 saturated heterocycles. The smallest absolute Gasteiger partial charge is 0.252 e. The fraction of sp³-hybridized carbons (Fsp3) is 0.179. The first kappa shape index (κ1) is 20.5. The second-order valence-corrected chi connectivity index (χ2v) is 8.36. The Hall–Kier alpha value is -3.40. The number of aryl methyl sites for hydroxylation is 1. The molecule has 0 fully saturated rings. The largest absolute Gasteiger partial charge is 0.416 e. The van der Waals surface area contributed by atoms with E-state index in [4.69, 9.17) is 0 Å². The van der Waals surface area contributed by atoms with Crippen LogP contribution in [0.1, 0.15) is 42.1 Å². The van der Waals surface area contributed by atoms with E-state index in [-0.39, 0.29) is 5.92 Å². The van der Waals surface area contributed by atoms with Crippen molar-refractivity contribution in [2.75, 3.05) is 0 Å². The highest BCUT2D eigenvalue weighted by atomic mass is 19.4. The number of benzene rings is 4. The van der Waals surface area contributed by atoms with E-state index in [2.05, 4.69) is 67.4 Å². The first-order valence-electron chi connectivity index (χ1n) is 10.8. The van der Waals surface area contributed by atoms with Crippen molar-refractivity contribution in [1.29, 1.82) is 0 Å². The number of aromatic nitrogens is 1. The molecular weight excluding hydrogens is 407 g/mol. The molecule has 5 rings (SSSR count). The van der Waals surface area contributed by atoms with Gasteiger partial charge in [0.2, 0.25) is 0 Å². The SMILES string of the molecule is CCc1ccc2cc3ccc(C(C)c4ccc5cc(C(F)(F)F)ccc5n4)cc3cc2c1. The molecule has 1 nitrogen and oxygen atoms in total. The summed E-state index contributed by atoms with van der Waals surface area (Å²) < 4.78 is 39.0. The molecule has 5 aromatic rings. The van der Waals surface area contributed by atoms with E-state index < -0.39 is 11.7 Å². The number of alkyl halides is 3. The average molecular weight is 429 g/mol. The Bertz CT molecular complexity index is 1470. The quantitative estimate of drug-likeness (QED) is 0.263. The number of rotatable bonds is 3. The summed E-state index contributed by atoms with van der Waals surface area (Å²) in [5.41, 5.74) is 3.20. The van der Waals surface area contributed by atoms with Gasteiger partial charge < -0.3 is 0 Å². The van der Waals surface area contributed by atoms with Crippen LogP contribution < -0.4 is 0 Å². The van der Waals surface area contributed by atoms with Gasteiger partial charge in [-0.15, -0.1) is 0 Å². The minimum atomic E-state index is -4.35. The topological polar surface area (TPSA) is 12.9 Å². The van der Waals surface area contributed by atoms with Crippen LogP contribution in [0, 0.1) is 0 Å². The van der Waals surface area contributed by atoms with Crippen molar-refractivity contribution in [2.24, 2.45) is 0 Å². The minimum Gasteiger partial charge on any atom is -0.252 e. The zero-order valence-electron chi connectivity index (χ0n) is 17.9. The summed E-state index contributed by atoms with van der Waals surface area (Å²) in [6.07, 6.45) is -3.35. The third-order valence-corrected chi connectivity index (χ3v) is 6.27. The number of hydrogen-bond acceptors (Lipinski definition) is 1. The van der Waals surface area contributed by atoms with E-state index in [1.807, 2.05) is 6.07 Å². The molecule has 0 aliphatic heterocycles. The lowest BCUT2D eigenvalue weighted by molar-refractivity contribution is -0.137. The van der Waals surface area contributed by atoms with Crippen molar-refractivity contribution >= 4 is 32.4 Å². The highest BCUT2D eigenvalue weighted by molar-refractivity contribution is 5.98. The monoisotopic (exact) mass is 429 g/mol. The molecule has 0 bridgehead atoms. The van der Waals surface area contributed by atoms with Crippen LogP contribution in [0.3, 0.4) is 0 Å². The van der Waals surface area contributed by atoms with Crippen LogP contribution >= 0.6 is 0 Å². The first-order valence-corrected chi connectivity index (χ1v) is 10.8. The van der Waals surface area contributed by atoms with Crippen molar-refractivity contribution in [2.45, 2.75) is 32.4 Å². The van der Waals surface area contributed by atoms with Crippen molar-refractivity contribution in [3.63, 3.8) is 0 Å². The summed E-state index contributed by atoms with van der Waals surface area (Å²) in [6, 6.07) is 24.7. The van der Waals surface area contributed by atoms with Gasteiger partial charge in [0, 0.05) is 17.0 Å². The molecule has 32 heavy (non-hydrogen) atoms. The van der Waals surface area contributed by atoms with Gasteiger partial charge in [-0.2, -0.15) is 13.2 Å². The Morgan fingerprint density at radius 1 is 0.719 bits per heavy atom. The van der Waals surface area contributed by atoms with Crippen LogP contribution in [0.5, 0.6) is 0 Å². The molecule has 0 radical (unpaired) electrons. The van der Waals surface area contributed by atoms with Gasteiger partial charge in [-0.3, -0.25) is 4.98 Å². The molecule has 160 valence electrons. The fourth-order valence-electron chi connectivity index (χ4n) is 4.28. The van der Waals surface area contributed by atoms with Crippen molar-refractivity contribution < 1.29 is 13.2 Å². The number of halogens is 3. The molecule has 0 spiro atoms. The predicted octanol–water partition coefficient (Wildman–Crippen LogP) is 8.27. The van der Waals surface area contributed by atoms with E-state index in [1.54, 1.807) is 6.07 Å². The Morgan fingerprint density at radius 2 is 1.41 bits per heavy atom. The fourth-order valence-corrected chi connectivity index (χ4v) is 4.28. The van der Waals surface area contributed by atoms with Gasteiger partial charge in [0.15, 0.2) is 0 Å². The number of hydrogen-bond donors (Lipinski definition) is 0. The molecule has 1 unspecified atom stereocenters. The summed E-state index contributed by atoms with van der Waals surface area (Å²) in [5.74, 6) is 0.0174. The molecule has 0 N–H and O–H groups in total. The normalized spacial score (nSPS) is 13.2. The molecule has 0 aliphatic carbocycles. The molecule has 0 saturated carbocycles. The van der Waals surface area contributed by atoms with Crippen molar-refractivity contribution in [1.82, 2.24) is 4.98 Å². The average Bonchev–Trinajstić information content (AvgIpc) is 2.80. The standard InChI is InChI=1S/C28H22F3N/c1-3-18-4-5-20-14-21-7-6-19(13-24(21)15-23(20)12-18)17(2)26-10-8-22-16-25(28(29,30)31)9-11-27(22)32-26/h4-17H,3H2,1-2H3. The van der Waals surface area contributed by atoms with Gasteiger partial charge in [0.05, 0.1) is 11.1 Å². The van der Waals surface area contributed by atoms with Gasteiger partial charge in [-0.1, -0.05) is 56.3 Å². The zero-order chi connectivity index (χ0) is 22.5. The minimum absolute atomic E-state index is 0.0174.